The molecule has 1 aliphatic rings. The van der Waals surface area contributed by atoms with E-state index in [2.05, 4.69) is 37.1 Å². The highest BCUT2D eigenvalue weighted by Crippen LogP contribution is 2.37. The van der Waals surface area contributed by atoms with Gasteiger partial charge in [-0.15, -0.1) is 0 Å². The molecule has 15 heteroatoms. The van der Waals surface area contributed by atoms with Crippen LogP contribution in [0.5, 0.6) is 23.0 Å². The summed E-state index contributed by atoms with van der Waals surface area (Å²) in [7, 11) is 4.19. The van der Waals surface area contributed by atoms with E-state index in [0.717, 1.165) is 5.56 Å². The summed E-state index contributed by atoms with van der Waals surface area (Å²) in [5, 5.41) is 10.2. The summed E-state index contributed by atoms with van der Waals surface area (Å²) in [6, 6.07) is 12.2. The third kappa shape index (κ3) is 8.42. The van der Waals surface area contributed by atoms with E-state index in [1.165, 1.54) is 27.5 Å². The zero-order chi connectivity index (χ0) is 33.4. The highest BCUT2D eigenvalue weighted by molar-refractivity contribution is 9.10. The molecule has 242 valence electrons. The van der Waals surface area contributed by atoms with Crippen LogP contribution in [-0.2, 0) is 20.9 Å². The minimum absolute atomic E-state index is 0.225. The number of allylic oxidation sites excluding steroid dienone is 1. The minimum atomic E-state index is -0.788. The average molecular weight is 736 g/mol. The SMILES string of the molecule is COC(=O)C1=C(C)NC(=O)N[C@@H]1c1ccc(OCC(=O)N/N=C\c2cc(Br)c(OCc3ccc(Cl)c(Cl)c3)c(OC)c2)c(OC)c1. The van der Waals surface area contributed by atoms with Crippen molar-refractivity contribution in [2.24, 2.45) is 5.10 Å². The molecule has 0 aromatic heterocycles. The maximum absolute atomic E-state index is 12.5. The number of halogens is 3. The number of ether oxygens (including phenoxy) is 5. The largest absolute Gasteiger partial charge is 0.493 e. The van der Waals surface area contributed by atoms with Gasteiger partial charge in [0.25, 0.3) is 5.91 Å². The van der Waals surface area contributed by atoms with Crippen molar-refractivity contribution in [2.75, 3.05) is 27.9 Å². The third-order valence-electron chi connectivity index (χ3n) is 6.58. The van der Waals surface area contributed by atoms with Crippen molar-refractivity contribution in [1.82, 2.24) is 16.1 Å². The fraction of sp³-hybridized carbons (Fsp3) is 0.226. The second kappa shape index (κ2) is 15.7. The number of esters is 1. The van der Waals surface area contributed by atoms with E-state index in [1.807, 2.05) is 6.07 Å². The predicted octanol–water partition coefficient (Wildman–Crippen LogP) is 5.68. The van der Waals surface area contributed by atoms with Crippen LogP contribution in [0.1, 0.15) is 29.7 Å². The molecule has 3 amide bonds. The molecule has 0 fully saturated rings. The van der Waals surface area contributed by atoms with E-state index in [-0.39, 0.29) is 30.3 Å². The first-order chi connectivity index (χ1) is 22.0. The summed E-state index contributed by atoms with van der Waals surface area (Å²) in [5.41, 5.74) is 4.99. The molecule has 0 radical (unpaired) electrons. The van der Waals surface area contributed by atoms with Gasteiger partial charge in [0, 0.05) is 5.70 Å². The molecule has 0 unspecified atom stereocenters. The number of carbonyl (C=O) groups is 3. The van der Waals surface area contributed by atoms with Gasteiger partial charge in [0.15, 0.2) is 29.6 Å². The van der Waals surface area contributed by atoms with Crippen LogP contribution in [0, 0.1) is 0 Å². The molecule has 1 heterocycles. The molecule has 1 atom stereocenters. The fourth-order valence-electron chi connectivity index (χ4n) is 4.40. The molecule has 12 nitrogen and oxygen atoms in total. The highest BCUT2D eigenvalue weighted by Gasteiger charge is 2.32. The summed E-state index contributed by atoms with van der Waals surface area (Å²) >= 11 is 15.6. The maximum Gasteiger partial charge on any atom is 0.337 e. The number of rotatable bonds is 12. The first-order valence-electron chi connectivity index (χ1n) is 13.5. The zero-order valence-corrected chi connectivity index (χ0v) is 28.1. The Kier molecular flexibility index (Phi) is 11.7. The average Bonchev–Trinajstić information content (AvgIpc) is 3.03. The first-order valence-corrected chi connectivity index (χ1v) is 15.0. The van der Waals surface area contributed by atoms with Crippen LogP contribution < -0.4 is 35.0 Å². The lowest BCUT2D eigenvalue weighted by atomic mass is 9.95. The molecule has 46 heavy (non-hydrogen) atoms. The Morgan fingerprint density at radius 1 is 0.978 bits per heavy atom. The summed E-state index contributed by atoms with van der Waals surface area (Å²) in [6.45, 7) is 1.45. The van der Waals surface area contributed by atoms with Crippen molar-refractivity contribution >= 4 is 63.3 Å². The lowest BCUT2D eigenvalue weighted by Gasteiger charge is -2.28. The molecule has 1 aliphatic heterocycles. The van der Waals surface area contributed by atoms with Gasteiger partial charge < -0.3 is 34.3 Å². The van der Waals surface area contributed by atoms with Gasteiger partial charge in [-0.2, -0.15) is 5.10 Å². The number of nitrogens with one attached hydrogen (secondary N) is 3. The van der Waals surface area contributed by atoms with Crippen LogP contribution in [0.2, 0.25) is 10.0 Å². The number of amides is 3. The summed E-state index contributed by atoms with van der Waals surface area (Å²) in [4.78, 5) is 37.0. The summed E-state index contributed by atoms with van der Waals surface area (Å²) < 4.78 is 28.0. The monoisotopic (exact) mass is 734 g/mol. The van der Waals surface area contributed by atoms with Gasteiger partial charge in [-0.05, 0) is 75.9 Å². The van der Waals surface area contributed by atoms with Gasteiger partial charge in [-0.3, -0.25) is 4.79 Å². The Hall–Kier alpha value is -4.46. The number of hydrogen-bond donors (Lipinski definition) is 3. The molecule has 3 aromatic carbocycles. The molecule has 4 rings (SSSR count). The van der Waals surface area contributed by atoms with E-state index in [0.29, 0.717) is 42.8 Å². The molecule has 0 saturated heterocycles. The number of hydrogen-bond acceptors (Lipinski definition) is 9. The van der Waals surface area contributed by atoms with Gasteiger partial charge in [-0.1, -0.05) is 35.3 Å². The third-order valence-corrected chi connectivity index (χ3v) is 7.90. The Morgan fingerprint density at radius 3 is 2.43 bits per heavy atom. The van der Waals surface area contributed by atoms with Crippen LogP contribution >= 0.6 is 39.1 Å². The molecule has 3 aromatic rings. The molecule has 0 spiro atoms. The van der Waals surface area contributed by atoms with Gasteiger partial charge in [-0.25, -0.2) is 15.0 Å². The van der Waals surface area contributed by atoms with Gasteiger partial charge >= 0.3 is 12.0 Å². The summed E-state index contributed by atoms with van der Waals surface area (Å²) in [6.07, 6.45) is 1.44. The normalized spacial score (nSPS) is 14.3. The standard InChI is InChI=1S/C31H29BrCl2N4O8/c1-16-27(30(40)44-4)28(37-31(41)36-16)19-6-8-23(24(12-19)42-2)45-15-26(39)38-35-13-18-9-20(32)29(25(11-18)43-3)46-14-17-5-7-21(33)22(34)10-17/h5-13,28H,14-15H2,1-4H3,(H,38,39)(H2,36,37,41)/b35-13-/t28-/m1/s1. The number of urea groups is 1. The van der Waals surface area contributed by atoms with E-state index in [9.17, 15) is 14.4 Å². The van der Waals surface area contributed by atoms with Crippen LogP contribution in [0.4, 0.5) is 4.79 Å². The number of hydrazone groups is 1. The quantitative estimate of drug-likeness (QED) is 0.122. The van der Waals surface area contributed by atoms with Crippen molar-refractivity contribution in [3.63, 3.8) is 0 Å². The van der Waals surface area contributed by atoms with E-state index >= 15 is 0 Å². The molecule has 0 aliphatic carbocycles. The number of nitrogens with zero attached hydrogens (tertiary/aromatic N) is 1. The smallest absolute Gasteiger partial charge is 0.337 e. The van der Waals surface area contributed by atoms with E-state index < -0.39 is 23.9 Å². The highest BCUT2D eigenvalue weighted by atomic mass is 79.9. The van der Waals surface area contributed by atoms with Crippen molar-refractivity contribution in [3.05, 3.63) is 91.0 Å². The number of benzene rings is 3. The van der Waals surface area contributed by atoms with E-state index in [4.69, 9.17) is 46.9 Å². The fourth-order valence-corrected chi connectivity index (χ4v) is 5.30. The molecular formula is C31H29BrCl2N4O8. The Labute approximate surface area is 283 Å². The summed E-state index contributed by atoms with van der Waals surface area (Å²) in [5.74, 6) is 0.319. The van der Waals surface area contributed by atoms with Crippen molar-refractivity contribution in [1.29, 1.82) is 0 Å². The van der Waals surface area contributed by atoms with Crippen molar-refractivity contribution in [3.8, 4) is 23.0 Å². The molecule has 0 saturated carbocycles. The Balaban J connectivity index is 1.37. The predicted molar refractivity (Wildman–Crippen MR) is 175 cm³/mol. The van der Waals surface area contributed by atoms with Gasteiger partial charge in [0.2, 0.25) is 0 Å². The Morgan fingerprint density at radius 2 is 1.74 bits per heavy atom. The van der Waals surface area contributed by atoms with Gasteiger partial charge in [0.05, 0.1) is 53.7 Å². The van der Waals surface area contributed by atoms with Gasteiger partial charge in [0.1, 0.15) is 6.61 Å². The molecule has 3 N–H and O–H groups in total. The first kappa shape index (κ1) is 34.4. The topological polar surface area (TPSA) is 146 Å². The Bertz CT molecular complexity index is 1720. The molecular weight excluding hydrogens is 707 g/mol. The minimum Gasteiger partial charge on any atom is -0.493 e. The molecule has 0 bridgehead atoms. The van der Waals surface area contributed by atoms with Crippen LogP contribution in [0.3, 0.4) is 0 Å². The zero-order valence-electron chi connectivity index (χ0n) is 25.0. The number of carbonyl (C=O) groups excluding carboxylic acids is 3. The van der Waals surface area contributed by atoms with Crippen molar-refractivity contribution in [2.45, 2.75) is 19.6 Å². The second-order valence-corrected chi connectivity index (χ2v) is 11.3. The van der Waals surface area contributed by atoms with Crippen LogP contribution in [-0.4, -0.2) is 52.1 Å². The van der Waals surface area contributed by atoms with E-state index in [1.54, 1.807) is 49.4 Å². The lowest BCUT2D eigenvalue weighted by Crippen LogP contribution is -2.45. The lowest BCUT2D eigenvalue weighted by molar-refractivity contribution is -0.136. The second-order valence-electron chi connectivity index (χ2n) is 9.63. The van der Waals surface area contributed by atoms with Crippen LogP contribution in [0.15, 0.2) is 69.4 Å². The van der Waals surface area contributed by atoms with Crippen LogP contribution in [0.25, 0.3) is 0 Å². The number of methoxy groups -OCH3 is 3. The maximum atomic E-state index is 12.5. The van der Waals surface area contributed by atoms with Crippen molar-refractivity contribution < 1.29 is 38.1 Å².